The Bertz CT molecular complexity index is 655. The Morgan fingerprint density at radius 3 is 3.09 bits per heavy atom. The molecule has 23 heavy (non-hydrogen) atoms. The Morgan fingerprint density at radius 1 is 1.39 bits per heavy atom. The molecule has 3 heterocycles. The van der Waals surface area contributed by atoms with Gasteiger partial charge in [-0.15, -0.1) is 0 Å². The summed E-state index contributed by atoms with van der Waals surface area (Å²) in [4.78, 5) is 19.4. The van der Waals surface area contributed by atoms with Gasteiger partial charge >= 0.3 is 6.03 Å². The third-order valence-electron chi connectivity index (χ3n) is 7.42. The first-order chi connectivity index (χ1) is 11.1. The third-order valence-corrected chi connectivity index (χ3v) is 7.42. The average molecular weight is 314 g/mol. The third kappa shape index (κ3) is 1.79. The zero-order valence-corrected chi connectivity index (χ0v) is 14.0. The molecule has 2 saturated carbocycles. The Hall–Kier alpha value is -1.52. The van der Waals surface area contributed by atoms with Gasteiger partial charge in [-0.05, 0) is 55.8 Å². The van der Waals surface area contributed by atoms with Crippen LogP contribution in [-0.2, 0) is 0 Å². The average Bonchev–Trinajstić information content (AvgIpc) is 3.26. The fourth-order valence-corrected chi connectivity index (χ4v) is 6.19. The summed E-state index contributed by atoms with van der Waals surface area (Å²) >= 11 is 0. The lowest BCUT2D eigenvalue weighted by molar-refractivity contribution is 0.150. The molecule has 0 radical (unpaired) electrons. The number of rotatable bonds is 1. The van der Waals surface area contributed by atoms with Gasteiger partial charge in [-0.1, -0.05) is 6.92 Å². The van der Waals surface area contributed by atoms with Crippen molar-refractivity contribution in [1.29, 1.82) is 0 Å². The molecule has 0 spiro atoms. The fourth-order valence-electron chi connectivity index (χ4n) is 6.19. The lowest BCUT2D eigenvalue weighted by Gasteiger charge is -2.34. The maximum atomic E-state index is 12.8. The van der Waals surface area contributed by atoms with Gasteiger partial charge in [0.2, 0.25) is 0 Å². The summed E-state index contributed by atoms with van der Waals surface area (Å²) in [6, 6.07) is 0.607. The van der Waals surface area contributed by atoms with Crippen molar-refractivity contribution in [2.24, 2.45) is 23.2 Å². The molecule has 5 heteroatoms. The molecule has 5 nitrogen and oxygen atoms in total. The van der Waals surface area contributed by atoms with Gasteiger partial charge in [0.25, 0.3) is 0 Å². The zero-order valence-electron chi connectivity index (χ0n) is 14.0. The summed E-state index contributed by atoms with van der Waals surface area (Å²) in [7, 11) is 0. The second kappa shape index (κ2) is 4.52. The molecule has 2 amide bonds. The second-order valence-electron chi connectivity index (χ2n) is 8.54. The van der Waals surface area contributed by atoms with E-state index < -0.39 is 0 Å². The van der Waals surface area contributed by atoms with Gasteiger partial charge in [0, 0.05) is 31.5 Å². The lowest BCUT2D eigenvalue weighted by Crippen LogP contribution is -2.41. The highest BCUT2D eigenvalue weighted by molar-refractivity contribution is 5.75. The van der Waals surface area contributed by atoms with Crippen molar-refractivity contribution in [2.45, 2.75) is 51.6 Å². The molecule has 124 valence electrons. The van der Waals surface area contributed by atoms with Crippen LogP contribution in [0.15, 0.2) is 12.4 Å². The monoisotopic (exact) mass is 314 g/mol. The number of hydrogen-bond donors (Lipinski definition) is 1. The minimum atomic E-state index is 0.0671. The fraction of sp³-hybridized carbons (Fsp3) is 0.778. The quantitative estimate of drug-likeness (QED) is 0.866. The van der Waals surface area contributed by atoms with Gasteiger partial charge in [0.1, 0.15) is 5.82 Å². The molecule has 2 aliphatic heterocycles. The Kier molecular flexibility index (Phi) is 2.73. The molecule has 1 N–H and O–H groups in total. The van der Waals surface area contributed by atoms with Crippen molar-refractivity contribution in [3.05, 3.63) is 18.2 Å². The molecule has 4 aliphatic rings. The molecule has 2 aliphatic carbocycles. The van der Waals surface area contributed by atoms with Gasteiger partial charge in [-0.3, -0.25) is 0 Å². The summed E-state index contributed by atoms with van der Waals surface area (Å²) in [5, 5.41) is 3.25. The molecular weight excluding hydrogens is 288 g/mol. The van der Waals surface area contributed by atoms with E-state index in [-0.39, 0.29) is 12.1 Å². The summed E-state index contributed by atoms with van der Waals surface area (Å²) in [6.07, 6.45) is 8.99. The summed E-state index contributed by atoms with van der Waals surface area (Å²) in [6.45, 7) is 6.52. The topological polar surface area (TPSA) is 50.2 Å². The van der Waals surface area contributed by atoms with E-state index in [1.54, 1.807) is 0 Å². The number of imidazole rings is 1. The molecule has 1 saturated heterocycles. The lowest BCUT2D eigenvalue weighted by atomic mass is 9.70. The van der Waals surface area contributed by atoms with E-state index in [0.717, 1.165) is 43.1 Å². The van der Waals surface area contributed by atoms with Crippen molar-refractivity contribution >= 4 is 6.03 Å². The molecule has 5 rings (SSSR count). The van der Waals surface area contributed by atoms with Crippen LogP contribution in [0.25, 0.3) is 0 Å². The summed E-state index contributed by atoms with van der Waals surface area (Å²) in [5.74, 6) is 3.46. The van der Waals surface area contributed by atoms with Crippen LogP contribution in [-0.4, -0.2) is 33.6 Å². The number of likely N-dealkylation sites (tertiary alicyclic amines) is 1. The standard InChI is InChI=1S/C18H26N4O/c1-11-7-15(16-19-5-6-22(11)16)20-17(23)21-9-14-12-3-4-13(8-12)18(14,2)10-21/h5-6,11-15H,3-4,7-10H2,1-2H3,(H,20,23)/t11?,12-,13+,14?,15?,18-/m1/s1. The molecular formula is C18H26N4O. The molecule has 0 aromatic carbocycles. The number of carbonyl (C=O) groups excluding carboxylic acids is 1. The van der Waals surface area contributed by atoms with Crippen LogP contribution in [0.4, 0.5) is 4.79 Å². The number of amides is 2. The molecule has 1 aromatic rings. The van der Waals surface area contributed by atoms with Crippen molar-refractivity contribution in [3.63, 3.8) is 0 Å². The highest BCUT2D eigenvalue weighted by atomic mass is 16.2. The first kappa shape index (κ1) is 13.9. The number of aromatic nitrogens is 2. The van der Waals surface area contributed by atoms with E-state index in [2.05, 4.69) is 33.6 Å². The van der Waals surface area contributed by atoms with Gasteiger partial charge in [0.15, 0.2) is 0 Å². The van der Waals surface area contributed by atoms with Crippen LogP contribution in [0.1, 0.15) is 57.4 Å². The van der Waals surface area contributed by atoms with E-state index in [1.165, 1.54) is 19.3 Å². The number of carbonyl (C=O) groups is 1. The van der Waals surface area contributed by atoms with Crippen LogP contribution < -0.4 is 5.32 Å². The van der Waals surface area contributed by atoms with Crippen molar-refractivity contribution < 1.29 is 4.79 Å². The minimum Gasteiger partial charge on any atom is -0.330 e. The largest absolute Gasteiger partial charge is 0.330 e. The highest BCUT2D eigenvalue weighted by Gasteiger charge is 2.59. The Labute approximate surface area is 137 Å². The summed E-state index contributed by atoms with van der Waals surface area (Å²) in [5.41, 5.74) is 0.377. The maximum Gasteiger partial charge on any atom is 0.318 e. The highest BCUT2D eigenvalue weighted by Crippen LogP contribution is 2.62. The van der Waals surface area contributed by atoms with Gasteiger partial charge < -0.3 is 14.8 Å². The smallest absolute Gasteiger partial charge is 0.318 e. The molecule has 6 atom stereocenters. The number of hydrogen-bond acceptors (Lipinski definition) is 2. The van der Waals surface area contributed by atoms with Crippen LogP contribution in [0, 0.1) is 23.2 Å². The Balaban J connectivity index is 1.30. The minimum absolute atomic E-state index is 0.0671. The predicted octanol–water partition coefficient (Wildman–Crippen LogP) is 2.97. The first-order valence-electron chi connectivity index (χ1n) is 9.14. The Morgan fingerprint density at radius 2 is 2.26 bits per heavy atom. The number of urea groups is 1. The van der Waals surface area contributed by atoms with Crippen LogP contribution in [0.3, 0.4) is 0 Å². The van der Waals surface area contributed by atoms with Crippen molar-refractivity contribution in [2.75, 3.05) is 13.1 Å². The SMILES string of the molecule is CC1CC(NC(=O)N2CC3[C@@H]4CC[C@@H](C4)[C@@]3(C)C2)c2nccn21. The van der Waals surface area contributed by atoms with Crippen LogP contribution in [0.5, 0.6) is 0 Å². The second-order valence-corrected chi connectivity index (χ2v) is 8.54. The molecule has 2 bridgehead atoms. The van der Waals surface area contributed by atoms with Crippen molar-refractivity contribution in [1.82, 2.24) is 19.8 Å². The number of nitrogens with zero attached hydrogens (tertiary/aromatic N) is 3. The maximum absolute atomic E-state index is 12.8. The summed E-state index contributed by atoms with van der Waals surface area (Å²) < 4.78 is 2.19. The van der Waals surface area contributed by atoms with Gasteiger partial charge in [0.05, 0.1) is 6.04 Å². The first-order valence-corrected chi connectivity index (χ1v) is 9.14. The molecule has 3 unspecified atom stereocenters. The molecule has 3 fully saturated rings. The van der Waals surface area contributed by atoms with E-state index >= 15 is 0 Å². The van der Waals surface area contributed by atoms with Crippen LogP contribution in [0.2, 0.25) is 0 Å². The van der Waals surface area contributed by atoms with Gasteiger partial charge in [-0.25, -0.2) is 9.78 Å². The van der Waals surface area contributed by atoms with E-state index in [1.807, 2.05) is 12.4 Å². The van der Waals surface area contributed by atoms with E-state index in [4.69, 9.17) is 0 Å². The zero-order chi connectivity index (χ0) is 15.8. The normalized spacial score (nSPS) is 43.7. The van der Waals surface area contributed by atoms with Crippen LogP contribution >= 0.6 is 0 Å². The molecule has 1 aromatic heterocycles. The van der Waals surface area contributed by atoms with E-state index in [9.17, 15) is 4.79 Å². The number of nitrogens with one attached hydrogen (secondary N) is 1. The van der Waals surface area contributed by atoms with E-state index in [0.29, 0.717) is 11.5 Å². The predicted molar refractivity (Wildman–Crippen MR) is 86.8 cm³/mol. The van der Waals surface area contributed by atoms with Crippen molar-refractivity contribution in [3.8, 4) is 0 Å². The van der Waals surface area contributed by atoms with Gasteiger partial charge in [-0.2, -0.15) is 0 Å². The number of fused-ring (bicyclic) bond motifs is 6.